The molecule has 4 rings (SSSR count). The Kier molecular flexibility index (Phi) is 5.04. The van der Waals surface area contributed by atoms with Crippen molar-refractivity contribution >= 4 is 17.4 Å². The summed E-state index contributed by atoms with van der Waals surface area (Å²) in [4.78, 5) is 15.7. The van der Waals surface area contributed by atoms with Crippen LogP contribution in [0.5, 0.6) is 0 Å². The van der Waals surface area contributed by atoms with Crippen molar-refractivity contribution in [1.29, 1.82) is 0 Å². The van der Waals surface area contributed by atoms with Crippen LogP contribution >= 0.6 is 11.6 Å². The fourth-order valence-corrected chi connectivity index (χ4v) is 3.79. The van der Waals surface area contributed by atoms with Gasteiger partial charge in [0.2, 0.25) is 5.78 Å². The lowest BCUT2D eigenvalue weighted by atomic mass is 9.84. The number of nitrogens with one attached hydrogen (secondary N) is 1. The Morgan fingerprint density at radius 2 is 2.11 bits per heavy atom. The summed E-state index contributed by atoms with van der Waals surface area (Å²) < 4.78 is 6.19. The number of carbonyl (C=O) groups excluding carboxylic acids is 1. The minimum atomic E-state index is -0.145. The van der Waals surface area contributed by atoms with Crippen molar-refractivity contribution in [3.63, 3.8) is 0 Å². The minimum Gasteiger partial charge on any atom is -0.487 e. The first-order valence-corrected chi connectivity index (χ1v) is 10.1. The molecule has 2 aliphatic carbocycles. The maximum absolute atomic E-state index is 13.5. The topological polar surface area (TPSA) is 41.6 Å². The molecule has 27 heavy (non-hydrogen) atoms. The summed E-state index contributed by atoms with van der Waals surface area (Å²) >= 11 is 6.15. The summed E-state index contributed by atoms with van der Waals surface area (Å²) in [6.07, 6.45) is 7.24. The molecule has 1 aromatic rings. The molecular formula is C22H27ClN2O2. The van der Waals surface area contributed by atoms with E-state index in [0.29, 0.717) is 23.8 Å². The summed E-state index contributed by atoms with van der Waals surface area (Å²) in [7, 11) is 0. The molecule has 3 aliphatic rings. The number of ketones is 1. The summed E-state index contributed by atoms with van der Waals surface area (Å²) in [5.74, 6) is 0.641. The van der Waals surface area contributed by atoms with E-state index in [-0.39, 0.29) is 23.0 Å². The van der Waals surface area contributed by atoms with Gasteiger partial charge in [0.25, 0.3) is 0 Å². The summed E-state index contributed by atoms with van der Waals surface area (Å²) in [5.41, 5.74) is 2.24. The van der Waals surface area contributed by atoms with Crippen molar-refractivity contribution in [3.8, 4) is 0 Å². The van der Waals surface area contributed by atoms with Crippen LogP contribution in [0, 0.1) is 17.3 Å². The van der Waals surface area contributed by atoms with Crippen molar-refractivity contribution in [1.82, 2.24) is 10.2 Å². The number of ether oxygens (including phenoxy) is 1. The second-order valence-corrected chi connectivity index (χ2v) is 8.88. The van der Waals surface area contributed by atoms with Gasteiger partial charge in [0.05, 0.1) is 25.6 Å². The molecule has 2 atom stereocenters. The molecule has 5 heteroatoms. The van der Waals surface area contributed by atoms with Crippen LogP contribution in [0.15, 0.2) is 47.9 Å². The van der Waals surface area contributed by atoms with E-state index in [1.54, 1.807) is 0 Å². The van der Waals surface area contributed by atoms with Crippen LogP contribution in [-0.2, 0) is 16.0 Å². The average molecular weight is 387 g/mol. The fourth-order valence-electron chi connectivity index (χ4n) is 3.57. The van der Waals surface area contributed by atoms with Crippen LogP contribution in [0.25, 0.3) is 0 Å². The highest BCUT2D eigenvalue weighted by molar-refractivity contribution is 6.30. The fraction of sp³-hybridized carbons (Fsp3) is 0.500. The highest BCUT2D eigenvalue weighted by Gasteiger charge is 2.40. The zero-order chi connectivity index (χ0) is 19.0. The minimum absolute atomic E-state index is 0.110. The number of halogens is 1. The third-order valence-electron chi connectivity index (χ3n) is 5.94. The monoisotopic (exact) mass is 386 g/mol. The van der Waals surface area contributed by atoms with Gasteiger partial charge in [0.15, 0.2) is 5.76 Å². The quantitative estimate of drug-likeness (QED) is 0.798. The molecule has 1 saturated heterocycles. The van der Waals surface area contributed by atoms with Crippen molar-refractivity contribution in [2.75, 3.05) is 19.9 Å². The highest BCUT2D eigenvalue weighted by Crippen LogP contribution is 2.46. The summed E-state index contributed by atoms with van der Waals surface area (Å²) in [6.45, 7) is 6.46. The van der Waals surface area contributed by atoms with Crippen molar-refractivity contribution in [2.24, 2.45) is 17.3 Å². The Morgan fingerprint density at radius 1 is 1.33 bits per heavy atom. The van der Waals surface area contributed by atoms with Crippen molar-refractivity contribution in [2.45, 2.75) is 33.1 Å². The number of hydrogen-bond acceptors (Lipinski definition) is 4. The van der Waals surface area contributed by atoms with Gasteiger partial charge in [-0.15, -0.1) is 0 Å². The van der Waals surface area contributed by atoms with E-state index >= 15 is 0 Å². The van der Waals surface area contributed by atoms with Gasteiger partial charge in [0.1, 0.15) is 0 Å². The molecule has 1 aromatic carbocycles. The number of hydrogen-bond donors (Lipinski definition) is 1. The van der Waals surface area contributed by atoms with Crippen LogP contribution in [-0.4, -0.2) is 30.6 Å². The number of benzene rings is 1. The molecule has 0 aromatic heterocycles. The first-order chi connectivity index (χ1) is 13.0. The van der Waals surface area contributed by atoms with Gasteiger partial charge in [-0.1, -0.05) is 43.7 Å². The molecule has 2 unspecified atom stereocenters. The van der Waals surface area contributed by atoms with Crippen LogP contribution in [0.3, 0.4) is 0 Å². The van der Waals surface area contributed by atoms with E-state index in [9.17, 15) is 4.79 Å². The van der Waals surface area contributed by atoms with E-state index in [2.05, 4.69) is 36.2 Å². The van der Waals surface area contributed by atoms with Crippen LogP contribution in [0.2, 0.25) is 5.02 Å². The lowest BCUT2D eigenvalue weighted by Crippen LogP contribution is -2.51. The molecule has 1 heterocycles. The molecule has 1 saturated carbocycles. The zero-order valence-electron chi connectivity index (χ0n) is 16.0. The smallest absolute Gasteiger partial charge is 0.203 e. The maximum Gasteiger partial charge on any atom is 0.203 e. The SMILES string of the molecule is CC1C=CC(N2CNC2)=C(OCC2(C)CC2)C(=O)C1Cc1cccc(Cl)c1. The summed E-state index contributed by atoms with van der Waals surface area (Å²) in [6, 6.07) is 7.79. The first-order valence-electron chi connectivity index (χ1n) is 9.75. The Labute approximate surface area is 166 Å². The van der Waals surface area contributed by atoms with Gasteiger partial charge < -0.3 is 9.64 Å². The van der Waals surface area contributed by atoms with E-state index in [1.807, 2.05) is 24.3 Å². The van der Waals surface area contributed by atoms with Crippen molar-refractivity contribution in [3.05, 3.63) is 58.5 Å². The molecule has 0 amide bonds. The van der Waals surface area contributed by atoms with Crippen molar-refractivity contribution < 1.29 is 9.53 Å². The van der Waals surface area contributed by atoms with Crippen LogP contribution in [0.1, 0.15) is 32.3 Å². The predicted molar refractivity (Wildman–Crippen MR) is 107 cm³/mol. The highest BCUT2D eigenvalue weighted by atomic mass is 35.5. The Balaban J connectivity index is 1.61. The molecule has 4 nitrogen and oxygen atoms in total. The van der Waals surface area contributed by atoms with Gasteiger partial charge in [-0.25, -0.2) is 0 Å². The Morgan fingerprint density at radius 3 is 2.74 bits per heavy atom. The van der Waals surface area contributed by atoms with Gasteiger partial charge in [0, 0.05) is 16.4 Å². The second kappa shape index (κ2) is 7.33. The molecule has 2 fully saturated rings. The number of rotatable bonds is 6. The maximum atomic E-state index is 13.5. The standard InChI is InChI=1S/C22H27ClN2O2/c1-15-6-7-19(25-13-24-14-25)21(27-12-22(2)8-9-22)20(26)18(15)11-16-4-3-5-17(23)10-16/h3-7,10,15,18,24H,8-9,11-14H2,1-2H3. The molecule has 1 aliphatic heterocycles. The van der Waals surface area contributed by atoms with E-state index in [1.165, 1.54) is 12.8 Å². The van der Waals surface area contributed by atoms with Gasteiger partial charge in [-0.3, -0.25) is 10.1 Å². The average Bonchev–Trinajstić information content (AvgIpc) is 3.33. The molecular weight excluding hydrogens is 360 g/mol. The number of carbonyl (C=O) groups is 1. The number of allylic oxidation sites excluding steroid dienone is 3. The lowest BCUT2D eigenvalue weighted by Gasteiger charge is -2.36. The van der Waals surface area contributed by atoms with Gasteiger partial charge in [-0.05, 0) is 49.0 Å². The molecule has 0 spiro atoms. The zero-order valence-corrected chi connectivity index (χ0v) is 16.8. The lowest BCUT2D eigenvalue weighted by molar-refractivity contribution is -0.124. The number of nitrogens with zero attached hydrogens (tertiary/aromatic N) is 1. The Hall–Kier alpha value is -1.78. The third-order valence-corrected chi connectivity index (χ3v) is 6.18. The number of Topliss-reactive ketones (excluding diaryl/α,β-unsaturated/α-hetero) is 1. The Bertz CT molecular complexity index is 793. The van der Waals surface area contributed by atoms with Gasteiger partial charge >= 0.3 is 0 Å². The van der Waals surface area contributed by atoms with Gasteiger partial charge in [-0.2, -0.15) is 0 Å². The van der Waals surface area contributed by atoms with Crippen LogP contribution in [0.4, 0.5) is 0 Å². The molecule has 0 radical (unpaired) electrons. The predicted octanol–water partition coefficient (Wildman–Crippen LogP) is 4.12. The third kappa shape index (κ3) is 4.07. The van der Waals surface area contributed by atoms with Crippen LogP contribution < -0.4 is 5.32 Å². The molecule has 144 valence electrons. The first kappa shape index (κ1) is 18.6. The largest absolute Gasteiger partial charge is 0.487 e. The van der Waals surface area contributed by atoms with E-state index < -0.39 is 0 Å². The second-order valence-electron chi connectivity index (χ2n) is 8.44. The van der Waals surface area contributed by atoms with E-state index in [4.69, 9.17) is 16.3 Å². The molecule has 1 N–H and O–H groups in total. The molecule has 0 bridgehead atoms. The van der Waals surface area contributed by atoms with E-state index in [0.717, 1.165) is 24.6 Å². The summed E-state index contributed by atoms with van der Waals surface area (Å²) in [5, 5.41) is 3.95. The normalized spacial score (nSPS) is 26.6.